The van der Waals surface area contributed by atoms with E-state index < -0.39 is 129 Å². The highest BCUT2D eigenvalue weighted by molar-refractivity contribution is 7.45. The van der Waals surface area contributed by atoms with E-state index in [1.54, 1.807) is 0 Å². The molecule has 0 unspecified atom stereocenters. The second kappa shape index (κ2) is 11.4. The molecule has 4 rings (SSSR count). The molecule has 1 aliphatic heterocycles. The summed E-state index contributed by atoms with van der Waals surface area (Å²) in [6.07, 6.45) is -1.96. The van der Waals surface area contributed by atoms with Crippen LogP contribution < -0.4 is 16.1 Å². The summed E-state index contributed by atoms with van der Waals surface area (Å²) in [5.41, 5.74) is -8.36. The minimum absolute atomic E-state index is 0.615. The molecule has 1 aliphatic rings. The van der Waals surface area contributed by atoms with Gasteiger partial charge in [0.05, 0.1) is 5.19 Å². The van der Waals surface area contributed by atoms with Gasteiger partial charge in [-0.1, -0.05) is 0 Å². The van der Waals surface area contributed by atoms with Crippen molar-refractivity contribution in [3.8, 4) is 0 Å². The third kappa shape index (κ3) is 4.97. The van der Waals surface area contributed by atoms with Crippen molar-refractivity contribution in [1.82, 2.24) is 9.13 Å². The maximum atomic E-state index is 16.1. The van der Waals surface area contributed by atoms with E-state index in [-0.39, 0.29) is 0 Å². The average Bonchev–Trinajstić information content (AvgIpc) is 3.40. The molecule has 0 radical (unpaired) electrons. The molecule has 0 spiro atoms. The maximum Gasteiger partial charge on any atom is 0.275 e. The van der Waals surface area contributed by atoms with E-state index in [0.29, 0.717) is 9.13 Å². The van der Waals surface area contributed by atoms with Crippen molar-refractivity contribution in [2.75, 3.05) is 0 Å². The lowest BCUT2D eigenvalue weighted by Crippen LogP contribution is -2.88. The molecule has 0 N–H and O–H groups in total. The molecule has 0 aromatic heterocycles. The zero-order chi connectivity index (χ0) is 36.0. The van der Waals surface area contributed by atoms with E-state index in [4.69, 9.17) is 0 Å². The van der Waals surface area contributed by atoms with Crippen LogP contribution in [0.15, 0.2) is 12.4 Å². The normalized spacial score (nSPS) is 14.9. The van der Waals surface area contributed by atoms with E-state index in [0.717, 1.165) is 53.9 Å². The van der Waals surface area contributed by atoms with Gasteiger partial charge in [-0.05, 0) is 41.5 Å². The molecule has 3 aromatic rings. The molecule has 0 atom stereocenters. The quantitative estimate of drug-likeness (QED) is 0.132. The largest absolute Gasteiger partial charge is 0.382 e. The van der Waals surface area contributed by atoms with Gasteiger partial charge in [0.2, 0.25) is 5.82 Å². The first-order valence-corrected chi connectivity index (χ1v) is 15.2. The number of rotatable bonds is 4. The summed E-state index contributed by atoms with van der Waals surface area (Å²) >= 11 is 0. The second-order valence-corrected chi connectivity index (χ2v) is 15.9. The van der Waals surface area contributed by atoms with E-state index >= 15 is 35.1 Å². The highest BCUT2D eigenvalue weighted by atomic mass is 28.3. The van der Waals surface area contributed by atoms with Crippen molar-refractivity contribution < 1.29 is 65.9 Å². The third-order valence-corrected chi connectivity index (χ3v) is 13.3. The predicted molar refractivity (Wildman–Crippen MR) is 141 cm³/mol. The summed E-state index contributed by atoms with van der Waals surface area (Å²) in [4.78, 5) is 0. The Kier molecular flexibility index (Phi) is 8.78. The fourth-order valence-corrected chi connectivity index (χ4v) is 12.2. The monoisotopic (exact) mass is 708 g/mol. The van der Waals surface area contributed by atoms with Gasteiger partial charge in [0, 0.05) is 34.4 Å². The molecule has 0 fully saturated rings. The summed E-state index contributed by atoms with van der Waals surface area (Å²) in [7, 11) is -6.29. The Morgan fingerprint density at radius 3 is 0.830 bits per heavy atom. The van der Waals surface area contributed by atoms with Gasteiger partial charge in [-0.15, -0.1) is 0 Å². The summed E-state index contributed by atoms with van der Waals surface area (Å²) in [5, 5.41) is -2.07. The van der Waals surface area contributed by atoms with Gasteiger partial charge in [-0.25, -0.2) is 65.9 Å². The van der Waals surface area contributed by atoms with Gasteiger partial charge in [-0.3, -0.25) is 0 Å². The third-order valence-electron chi connectivity index (χ3n) is 7.59. The van der Waals surface area contributed by atoms with Gasteiger partial charge in [0.1, 0.15) is 0 Å². The molecule has 1 heterocycles. The molecule has 0 saturated heterocycles. The van der Waals surface area contributed by atoms with Crippen LogP contribution >= 0.6 is 0 Å². The molecular formula is C28H20BF15N2Si. The van der Waals surface area contributed by atoms with Crippen molar-refractivity contribution in [3.05, 3.63) is 99.7 Å². The standard InChI is InChI=1S/C28H20BF15N2Si/c1-27(2,3)45-7-8-46(28(4,5)6)47(45,26-24(43)22(41)21(40)23(42)25(26)44)29(9-11(30)15(34)19(38)16(35)12(9)31)10-13(32)17(36)20(39)18(37)14(10)33/h7-8H,1-6H3. The van der Waals surface area contributed by atoms with Gasteiger partial charge in [0.25, 0.3) is 14.6 Å². The van der Waals surface area contributed by atoms with E-state index in [2.05, 4.69) is 0 Å². The maximum absolute atomic E-state index is 16.1. The van der Waals surface area contributed by atoms with Crippen LogP contribution in [-0.4, -0.2) is 34.8 Å². The van der Waals surface area contributed by atoms with E-state index in [1.807, 2.05) is 0 Å². The fourth-order valence-electron chi connectivity index (χ4n) is 5.84. The van der Waals surface area contributed by atoms with Crippen LogP contribution in [0.3, 0.4) is 0 Å². The van der Waals surface area contributed by atoms with Crippen LogP contribution in [-0.2, 0) is 0 Å². The number of nitrogens with zero attached hydrogens (tertiary/aromatic N) is 2. The SMILES string of the molecule is CC(C)(C)N1C=CN(C(C)(C)C)[Si]1(B(c1c(F)c(F)c(F)c(F)c1F)c1c(F)c(F)c(F)c(F)c1F)c1c(F)c(F)c(F)c(F)c1F. The van der Waals surface area contributed by atoms with E-state index in [9.17, 15) is 30.7 Å². The molecule has 0 bridgehead atoms. The van der Waals surface area contributed by atoms with Crippen LogP contribution in [0.2, 0.25) is 0 Å². The minimum Gasteiger partial charge on any atom is -0.382 e. The van der Waals surface area contributed by atoms with Gasteiger partial charge >= 0.3 is 0 Å². The molecule has 3 aromatic carbocycles. The lowest BCUT2D eigenvalue weighted by molar-refractivity contribution is 0.277. The van der Waals surface area contributed by atoms with Crippen molar-refractivity contribution >= 4 is 30.7 Å². The lowest BCUT2D eigenvalue weighted by Gasteiger charge is -2.56. The molecule has 0 aliphatic carbocycles. The van der Waals surface area contributed by atoms with Crippen LogP contribution in [0.5, 0.6) is 0 Å². The molecule has 0 amide bonds. The van der Waals surface area contributed by atoms with Crippen molar-refractivity contribution in [3.63, 3.8) is 0 Å². The highest BCUT2D eigenvalue weighted by Gasteiger charge is 2.68. The van der Waals surface area contributed by atoms with Gasteiger partial charge in [0.15, 0.2) is 81.4 Å². The molecule has 47 heavy (non-hydrogen) atoms. The molecular weight excluding hydrogens is 688 g/mol. The predicted octanol–water partition coefficient (Wildman–Crippen LogP) is 6.50. The molecule has 254 valence electrons. The van der Waals surface area contributed by atoms with Crippen molar-refractivity contribution in [1.29, 1.82) is 0 Å². The zero-order valence-corrected chi connectivity index (χ0v) is 25.8. The Morgan fingerprint density at radius 1 is 0.383 bits per heavy atom. The summed E-state index contributed by atoms with van der Waals surface area (Å²) in [5.74, 6) is -42.6. The van der Waals surface area contributed by atoms with Gasteiger partial charge < -0.3 is 9.13 Å². The first kappa shape index (κ1) is 36.1. The van der Waals surface area contributed by atoms with E-state index in [1.165, 1.54) is 0 Å². The Hall–Kier alpha value is -3.77. The molecule has 19 heteroatoms. The Labute approximate surface area is 258 Å². The zero-order valence-electron chi connectivity index (χ0n) is 24.8. The first-order chi connectivity index (χ1) is 21.4. The Morgan fingerprint density at radius 2 is 0.596 bits per heavy atom. The number of halogens is 15. The van der Waals surface area contributed by atoms with Crippen molar-refractivity contribution in [2.45, 2.75) is 52.6 Å². The van der Waals surface area contributed by atoms with Gasteiger partial charge in [-0.2, -0.15) is 0 Å². The summed E-state index contributed by atoms with van der Waals surface area (Å²) < 4.78 is 229. The Balaban J connectivity index is 2.54. The fraction of sp³-hybridized carbons (Fsp3) is 0.286. The first-order valence-electron chi connectivity index (χ1n) is 13.2. The minimum atomic E-state index is -6.29. The van der Waals surface area contributed by atoms with Crippen LogP contribution in [0.4, 0.5) is 65.9 Å². The number of hydrogen-bond acceptors (Lipinski definition) is 2. The van der Waals surface area contributed by atoms with Crippen LogP contribution in [0.25, 0.3) is 0 Å². The molecule has 0 saturated carbocycles. The summed E-state index contributed by atoms with van der Waals surface area (Å²) in [6.45, 7) is 6.87. The topological polar surface area (TPSA) is 6.48 Å². The number of benzene rings is 3. The summed E-state index contributed by atoms with van der Waals surface area (Å²) in [6, 6.07) is 0. The average molecular weight is 708 g/mol. The number of hydrogen-bond donors (Lipinski definition) is 0. The van der Waals surface area contributed by atoms with Crippen molar-refractivity contribution in [2.24, 2.45) is 0 Å². The van der Waals surface area contributed by atoms with Crippen LogP contribution in [0.1, 0.15) is 41.5 Å². The lowest BCUT2D eigenvalue weighted by atomic mass is 9.60. The smallest absolute Gasteiger partial charge is 0.275 e. The molecule has 2 nitrogen and oxygen atoms in total. The second-order valence-electron chi connectivity index (χ2n) is 12.5. The highest BCUT2D eigenvalue weighted by Crippen LogP contribution is 2.40. The Bertz CT molecular complexity index is 1670. The van der Waals surface area contributed by atoms with Crippen LogP contribution in [0, 0.1) is 87.3 Å².